The second kappa shape index (κ2) is 9.80. The quantitative estimate of drug-likeness (QED) is 0.434. The van der Waals surface area contributed by atoms with E-state index in [9.17, 15) is 4.79 Å². The summed E-state index contributed by atoms with van der Waals surface area (Å²) in [6.45, 7) is 9.44. The Bertz CT molecular complexity index is 474. The maximum Gasteiger partial charge on any atom is 0.243 e. The van der Waals surface area contributed by atoms with Crippen LogP contribution in [-0.2, 0) is 4.79 Å². The zero-order chi connectivity index (χ0) is 18.2. The first-order chi connectivity index (χ1) is 11.9. The molecule has 6 heteroatoms. The second-order valence-electron chi connectivity index (χ2n) is 7.73. The van der Waals surface area contributed by atoms with Gasteiger partial charge in [-0.15, -0.1) is 0 Å². The second-order valence-corrected chi connectivity index (χ2v) is 7.73. The third-order valence-electron chi connectivity index (χ3n) is 4.99. The lowest BCUT2D eigenvalue weighted by molar-refractivity contribution is -0.127. The summed E-state index contributed by atoms with van der Waals surface area (Å²) in [5.41, 5.74) is 1.22. The third kappa shape index (κ3) is 7.06. The molecule has 1 saturated heterocycles. The monoisotopic (exact) mass is 349 g/mol. The molecule has 2 rings (SSSR count). The van der Waals surface area contributed by atoms with Crippen molar-refractivity contribution in [2.24, 2.45) is 4.99 Å². The maximum absolute atomic E-state index is 11.9. The van der Waals surface area contributed by atoms with E-state index < -0.39 is 0 Å². The Labute approximate surface area is 152 Å². The van der Waals surface area contributed by atoms with E-state index in [1.807, 2.05) is 0 Å². The summed E-state index contributed by atoms with van der Waals surface area (Å²) >= 11 is 0. The fourth-order valence-electron chi connectivity index (χ4n) is 3.50. The van der Waals surface area contributed by atoms with E-state index in [0.29, 0.717) is 12.1 Å². The highest BCUT2D eigenvalue weighted by molar-refractivity contribution is 5.85. The summed E-state index contributed by atoms with van der Waals surface area (Å²) in [5.74, 6) is 0.837. The minimum atomic E-state index is 0.0313. The Morgan fingerprint density at radius 2 is 1.68 bits per heavy atom. The van der Waals surface area contributed by atoms with Crippen molar-refractivity contribution in [3.63, 3.8) is 0 Å². The lowest BCUT2D eigenvalue weighted by Gasteiger charge is -2.33. The first-order valence-corrected chi connectivity index (χ1v) is 9.58. The van der Waals surface area contributed by atoms with E-state index in [2.05, 4.69) is 34.0 Å². The minimum absolute atomic E-state index is 0.0313. The van der Waals surface area contributed by atoms with Crippen LogP contribution in [0, 0.1) is 0 Å². The largest absolute Gasteiger partial charge is 0.354 e. The van der Waals surface area contributed by atoms with Gasteiger partial charge in [0, 0.05) is 45.8 Å². The van der Waals surface area contributed by atoms with Crippen LogP contribution >= 0.6 is 0 Å². The van der Waals surface area contributed by atoms with Crippen LogP contribution in [0.3, 0.4) is 0 Å². The molecular formula is C19H35N5O. The number of aliphatic imine (C=N–C) groups is 1. The Morgan fingerprint density at radius 3 is 2.20 bits per heavy atom. The number of likely N-dealkylation sites (N-methyl/N-ethyl adjacent to an activating group) is 1. The molecule has 1 aliphatic carbocycles. The molecule has 0 aromatic carbocycles. The lowest BCUT2D eigenvalue weighted by atomic mass is 10.0. The number of nitrogens with zero attached hydrogens (tertiary/aromatic N) is 3. The number of rotatable bonds is 6. The van der Waals surface area contributed by atoms with Crippen molar-refractivity contribution >= 4 is 11.9 Å². The molecule has 1 heterocycles. The molecule has 0 bridgehead atoms. The third-order valence-corrected chi connectivity index (χ3v) is 4.99. The number of piperidine rings is 1. The maximum atomic E-state index is 11.9. The SMILES string of the molecule is C=C(C)CN1CCC(NC(=NCC(=O)N(C)C)NC2CCCC2)CC1. The number of nitrogens with one attached hydrogen (secondary N) is 2. The van der Waals surface area contributed by atoms with E-state index in [0.717, 1.165) is 38.4 Å². The van der Waals surface area contributed by atoms with Crippen molar-refractivity contribution in [1.29, 1.82) is 0 Å². The van der Waals surface area contributed by atoms with Crippen molar-refractivity contribution in [1.82, 2.24) is 20.4 Å². The van der Waals surface area contributed by atoms with Crippen LogP contribution in [0.4, 0.5) is 0 Å². The van der Waals surface area contributed by atoms with Gasteiger partial charge in [-0.25, -0.2) is 4.99 Å². The number of hydrogen-bond donors (Lipinski definition) is 2. The van der Waals surface area contributed by atoms with E-state index >= 15 is 0 Å². The predicted molar refractivity (Wildman–Crippen MR) is 104 cm³/mol. The average Bonchev–Trinajstić information content (AvgIpc) is 3.06. The number of hydrogen-bond acceptors (Lipinski definition) is 3. The van der Waals surface area contributed by atoms with Gasteiger partial charge in [-0.05, 0) is 32.6 Å². The van der Waals surface area contributed by atoms with Gasteiger partial charge in [-0.2, -0.15) is 0 Å². The highest BCUT2D eigenvalue weighted by atomic mass is 16.2. The highest BCUT2D eigenvalue weighted by Crippen LogP contribution is 2.18. The van der Waals surface area contributed by atoms with Crippen LogP contribution < -0.4 is 10.6 Å². The summed E-state index contributed by atoms with van der Waals surface area (Å²) in [4.78, 5) is 20.5. The van der Waals surface area contributed by atoms with E-state index in [1.165, 1.54) is 31.3 Å². The molecule has 0 unspecified atom stereocenters. The van der Waals surface area contributed by atoms with Gasteiger partial charge in [0.15, 0.2) is 5.96 Å². The molecule has 2 N–H and O–H groups in total. The molecule has 142 valence electrons. The summed E-state index contributed by atoms with van der Waals surface area (Å²) in [6, 6.07) is 0.910. The molecule has 2 aliphatic rings. The lowest BCUT2D eigenvalue weighted by Crippen LogP contribution is -2.51. The van der Waals surface area contributed by atoms with Crippen molar-refractivity contribution in [2.75, 3.05) is 40.3 Å². The Balaban J connectivity index is 1.87. The smallest absolute Gasteiger partial charge is 0.243 e. The van der Waals surface area contributed by atoms with Crippen LogP contribution in [0.1, 0.15) is 45.4 Å². The highest BCUT2D eigenvalue weighted by Gasteiger charge is 2.22. The van der Waals surface area contributed by atoms with Gasteiger partial charge in [0.1, 0.15) is 6.54 Å². The Hall–Kier alpha value is -1.56. The first kappa shape index (κ1) is 19.8. The number of amides is 1. The van der Waals surface area contributed by atoms with Gasteiger partial charge < -0.3 is 15.5 Å². The van der Waals surface area contributed by atoms with E-state index in [-0.39, 0.29) is 12.5 Å². The normalized spacial score (nSPS) is 20.5. The first-order valence-electron chi connectivity index (χ1n) is 9.58. The molecule has 1 amide bonds. The van der Waals surface area contributed by atoms with Crippen molar-refractivity contribution < 1.29 is 4.79 Å². The number of carbonyl (C=O) groups excluding carboxylic acids is 1. The summed E-state index contributed by atoms with van der Waals surface area (Å²) in [7, 11) is 3.54. The van der Waals surface area contributed by atoms with Gasteiger partial charge in [0.05, 0.1) is 0 Å². The van der Waals surface area contributed by atoms with Crippen LogP contribution in [0.15, 0.2) is 17.1 Å². The molecule has 2 fully saturated rings. The standard InChI is InChI=1S/C19H35N5O/c1-15(2)14-24-11-9-17(10-12-24)22-19(20-13-18(25)23(3)4)21-16-7-5-6-8-16/h16-17H,1,5-14H2,2-4H3,(H2,20,21,22). The topological polar surface area (TPSA) is 60.0 Å². The molecule has 1 saturated carbocycles. The zero-order valence-corrected chi connectivity index (χ0v) is 16.2. The van der Waals surface area contributed by atoms with E-state index in [4.69, 9.17) is 0 Å². The molecule has 25 heavy (non-hydrogen) atoms. The predicted octanol–water partition coefficient (Wildman–Crippen LogP) is 1.59. The average molecular weight is 350 g/mol. The molecule has 0 spiro atoms. The number of guanidine groups is 1. The van der Waals surface area contributed by atoms with Crippen LogP contribution in [-0.4, -0.2) is 74.0 Å². The fraction of sp³-hybridized carbons (Fsp3) is 0.789. The van der Waals surface area contributed by atoms with Crippen molar-refractivity contribution in [3.05, 3.63) is 12.2 Å². The summed E-state index contributed by atoms with van der Waals surface area (Å²) < 4.78 is 0. The van der Waals surface area contributed by atoms with Gasteiger partial charge in [-0.3, -0.25) is 9.69 Å². The van der Waals surface area contributed by atoms with Gasteiger partial charge >= 0.3 is 0 Å². The van der Waals surface area contributed by atoms with Gasteiger partial charge in [0.2, 0.25) is 5.91 Å². The van der Waals surface area contributed by atoms with Crippen LogP contribution in [0.5, 0.6) is 0 Å². The molecule has 6 nitrogen and oxygen atoms in total. The van der Waals surface area contributed by atoms with Gasteiger partial charge in [0.25, 0.3) is 0 Å². The molecule has 0 aromatic heterocycles. The molecule has 0 atom stereocenters. The molecular weight excluding hydrogens is 314 g/mol. The Morgan fingerprint density at radius 1 is 1.12 bits per heavy atom. The van der Waals surface area contributed by atoms with Crippen molar-refractivity contribution in [2.45, 2.75) is 57.5 Å². The molecule has 0 aromatic rings. The van der Waals surface area contributed by atoms with Crippen molar-refractivity contribution in [3.8, 4) is 0 Å². The Kier molecular flexibility index (Phi) is 7.75. The molecule has 0 radical (unpaired) electrons. The number of likely N-dealkylation sites (tertiary alicyclic amines) is 1. The van der Waals surface area contributed by atoms with Gasteiger partial charge in [-0.1, -0.05) is 25.0 Å². The van der Waals surface area contributed by atoms with Crippen LogP contribution in [0.2, 0.25) is 0 Å². The fourth-order valence-corrected chi connectivity index (χ4v) is 3.50. The summed E-state index contributed by atoms with van der Waals surface area (Å²) in [6.07, 6.45) is 7.14. The zero-order valence-electron chi connectivity index (χ0n) is 16.2. The minimum Gasteiger partial charge on any atom is -0.354 e. The molecule has 1 aliphatic heterocycles. The number of carbonyl (C=O) groups is 1. The van der Waals surface area contributed by atoms with E-state index in [1.54, 1.807) is 19.0 Å². The summed E-state index contributed by atoms with van der Waals surface area (Å²) in [5, 5.41) is 7.11. The van der Waals surface area contributed by atoms with Crippen LogP contribution in [0.25, 0.3) is 0 Å².